The van der Waals surface area contributed by atoms with E-state index in [4.69, 9.17) is 0 Å². The van der Waals surface area contributed by atoms with E-state index >= 15 is 0 Å². The molecule has 0 bridgehead atoms. The fourth-order valence-electron chi connectivity index (χ4n) is 2.80. The van der Waals surface area contributed by atoms with Gasteiger partial charge in [-0.15, -0.1) is 0 Å². The molecule has 3 rings (SSSR count). The minimum Gasteiger partial charge on any atom is -0.435 e. The summed E-state index contributed by atoms with van der Waals surface area (Å²) in [6.45, 7) is -1.98. The van der Waals surface area contributed by atoms with Crippen LogP contribution in [0, 0.1) is 0 Å². The van der Waals surface area contributed by atoms with Crippen LogP contribution in [-0.2, 0) is 13.0 Å². The van der Waals surface area contributed by atoms with Crippen molar-refractivity contribution in [3.8, 4) is 11.4 Å². The predicted octanol–water partition coefficient (Wildman–Crippen LogP) is 3.86. The van der Waals surface area contributed by atoms with Crippen LogP contribution >= 0.6 is 0 Å². The number of urea groups is 1. The lowest BCUT2D eigenvalue weighted by molar-refractivity contribution is -0.0498. The lowest BCUT2D eigenvalue weighted by Crippen LogP contribution is -2.37. The molecule has 0 saturated carbocycles. The summed E-state index contributed by atoms with van der Waals surface area (Å²) in [6.07, 6.45) is 4.21. The second-order valence-corrected chi connectivity index (χ2v) is 6.49. The second-order valence-electron chi connectivity index (χ2n) is 6.49. The van der Waals surface area contributed by atoms with Gasteiger partial charge in [0.15, 0.2) is 0 Å². The number of halogens is 2. The van der Waals surface area contributed by atoms with Gasteiger partial charge in [-0.2, -0.15) is 13.9 Å². The van der Waals surface area contributed by atoms with Crippen molar-refractivity contribution in [1.29, 1.82) is 0 Å². The van der Waals surface area contributed by atoms with E-state index in [1.165, 1.54) is 12.1 Å². The van der Waals surface area contributed by atoms with Gasteiger partial charge in [0.05, 0.1) is 18.4 Å². The number of amides is 2. The minimum absolute atomic E-state index is 0.114. The summed E-state index contributed by atoms with van der Waals surface area (Å²) in [6, 6.07) is 15.9. The van der Waals surface area contributed by atoms with Crippen LogP contribution in [0.5, 0.6) is 5.75 Å². The highest BCUT2D eigenvalue weighted by Gasteiger charge is 2.10. The first-order valence-electron chi connectivity index (χ1n) is 9.13. The van der Waals surface area contributed by atoms with Crippen LogP contribution in [0.2, 0.25) is 0 Å². The quantitative estimate of drug-likeness (QED) is 0.625. The molecule has 0 saturated heterocycles. The number of alkyl halides is 2. The molecule has 0 radical (unpaired) electrons. The largest absolute Gasteiger partial charge is 0.435 e. The Balaban J connectivity index is 1.44. The Kier molecular flexibility index (Phi) is 6.78. The van der Waals surface area contributed by atoms with E-state index in [0.29, 0.717) is 19.5 Å². The molecule has 1 heterocycles. The molecule has 2 amide bonds. The van der Waals surface area contributed by atoms with Crippen LogP contribution in [0.4, 0.5) is 13.6 Å². The molecule has 0 aliphatic carbocycles. The van der Waals surface area contributed by atoms with E-state index in [1.807, 2.05) is 36.5 Å². The fraction of sp³-hybridized carbons (Fsp3) is 0.238. The number of para-hydroxylation sites is 1. The molecule has 3 aromatic rings. The predicted molar refractivity (Wildman–Crippen MR) is 105 cm³/mol. The summed E-state index contributed by atoms with van der Waals surface area (Å²) in [7, 11) is 1.71. The molecule has 0 aliphatic heterocycles. The number of ether oxygens (including phenoxy) is 1. The average Bonchev–Trinajstić information content (AvgIpc) is 3.18. The number of rotatable bonds is 8. The standard InChI is InChI=1S/C21H22F2N4O2/c1-26(14-17-13-25-27(15-17)18-5-3-2-4-6-18)21(28)24-12-11-16-7-9-19(10-8-16)29-20(22)23/h2-10,13,15,20H,11-12,14H2,1H3,(H,24,28). The number of carbonyl (C=O) groups excluding carboxylic acids is 1. The first-order valence-corrected chi connectivity index (χ1v) is 9.13. The molecular weight excluding hydrogens is 378 g/mol. The molecule has 29 heavy (non-hydrogen) atoms. The van der Waals surface area contributed by atoms with Gasteiger partial charge in [-0.3, -0.25) is 0 Å². The van der Waals surface area contributed by atoms with Crippen molar-refractivity contribution in [3.05, 3.63) is 78.1 Å². The van der Waals surface area contributed by atoms with E-state index in [1.54, 1.807) is 35.0 Å². The number of carbonyl (C=O) groups is 1. The van der Waals surface area contributed by atoms with Gasteiger partial charge in [0.1, 0.15) is 5.75 Å². The van der Waals surface area contributed by atoms with Gasteiger partial charge in [-0.1, -0.05) is 30.3 Å². The average molecular weight is 400 g/mol. The van der Waals surface area contributed by atoms with Crippen molar-refractivity contribution in [1.82, 2.24) is 20.0 Å². The Morgan fingerprint density at radius 2 is 1.86 bits per heavy atom. The van der Waals surface area contributed by atoms with Crippen molar-refractivity contribution in [2.45, 2.75) is 19.6 Å². The number of nitrogens with zero attached hydrogens (tertiary/aromatic N) is 3. The second kappa shape index (κ2) is 9.68. The van der Waals surface area contributed by atoms with Gasteiger partial charge in [-0.25, -0.2) is 9.48 Å². The highest BCUT2D eigenvalue weighted by atomic mass is 19.3. The molecule has 0 unspecified atom stereocenters. The van der Waals surface area contributed by atoms with Gasteiger partial charge in [0.25, 0.3) is 0 Å². The van der Waals surface area contributed by atoms with Crippen LogP contribution in [0.1, 0.15) is 11.1 Å². The zero-order valence-electron chi connectivity index (χ0n) is 16.0. The van der Waals surface area contributed by atoms with Crippen LogP contribution in [0.15, 0.2) is 67.0 Å². The smallest absolute Gasteiger partial charge is 0.387 e. The molecular formula is C21H22F2N4O2. The van der Waals surface area contributed by atoms with Gasteiger partial charge >= 0.3 is 12.6 Å². The van der Waals surface area contributed by atoms with Crippen molar-refractivity contribution in [2.75, 3.05) is 13.6 Å². The van der Waals surface area contributed by atoms with E-state index in [0.717, 1.165) is 16.8 Å². The zero-order chi connectivity index (χ0) is 20.6. The Morgan fingerprint density at radius 3 is 2.55 bits per heavy atom. The molecule has 1 aromatic heterocycles. The van der Waals surface area contributed by atoms with Crippen molar-refractivity contribution in [3.63, 3.8) is 0 Å². The summed E-state index contributed by atoms with van der Waals surface area (Å²) in [4.78, 5) is 13.8. The van der Waals surface area contributed by atoms with E-state index in [2.05, 4.69) is 15.2 Å². The summed E-state index contributed by atoms with van der Waals surface area (Å²) < 4.78 is 30.4. The SMILES string of the molecule is CN(Cc1cnn(-c2ccccc2)c1)C(=O)NCCc1ccc(OC(F)F)cc1. The first-order chi connectivity index (χ1) is 14.0. The third kappa shape index (κ3) is 6.03. The van der Waals surface area contributed by atoms with E-state index in [-0.39, 0.29) is 11.8 Å². The number of nitrogens with one attached hydrogen (secondary N) is 1. The summed E-state index contributed by atoms with van der Waals surface area (Å²) in [5.41, 5.74) is 2.79. The topological polar surface area (TPSA) is 59.4 Å². The molecule has 0 spiro atoms. The molecule has 152 valence electrons. The lowest BCUT2D eigenvalue weighted by atomic mass is 10.1. The molecule has 0 aliphatic rings. The highest BCUT2D eigenvalue weighted by Crippen LogP contribution is 2.15. The Bertz CT molecular complexity index is 914. The van der Waals surface area contributed by atoms with Crippen molar-refractivity contribution in [2.24, 2.45) is 0 Å². The first kappa shape index (κ1) is 20.3. The number of aromatic nitrogens is 2. The normalized spacial score (nSPS) is 10.8. The molecule has 0 atom stereocenters. The van der Waals surface area contributed by atoms with Gasteiger partial charge in [0.2, 0.25) is 0 Å². The van der Waals surface area contributed by atoms with Crippen LogP contribution in [0.25, 0.3) is 5.69 Å². The number of hydrogen-bond donors (Lipinski definition) is 1. The van der Waals surface area contributed by atoms with Gasteiger partial charge in [-0.05, 0) is 36.2 Å². The van der Waals surface area contributed by atoms with Crippen molar-refractivity contribution < 1.29 is 18.3 Å². The molecule has 8 heteroatoms. The van der Waals surface area contributed by atoms with Gasteiger partial charge in [0, 0.05) is 25.4 Å². The van der Waals surface area contributed by atoms with Crippen LogP contribution in [-0.4, -0.2) is 40.9 Å². The molecule has 2 aromatic carbocycles. The maximum Gasteiger partial charge on any atom is 0.387 e. The van der Waals surface area contributed by atoms with E-state index in [9.17, 15) is 13.6 Å². The Labute approximate surface area is 167 Å². The Hall–Kier alpha value is -3.42. The summed E-state index contributed by atoms with van der Waals surface area (Å²) >= 11 is 0. The van der Waals surface area contributed by atoms with Crippen LogP contribution in [0.3, 0.4) is 0 Å². The molecule has 1 N–H and O–H groups in total. The number of hydrogen-bond acceptors (Lipinski definition) is 3. The monoisotopic (exact) mass is 400 g/mol. The van der Waals surface area contributed by atoms with E-state index < -0.39 is 6.61 Å². The number of benzene rings is 2. The van der Waals surface area contributed by atoms with Crippen molar-refractivity contribution >= 4 is 6.03 Å². The molecule has 0 fully saturated rings. The maximum absolute atomic E-state index is 12.3. The fourth-order valence-corrected chi connectivity index (χ4v) is 2.80. The third-order valence-corrected chi connectivity index (χ3v) is 4.26. The van der Waals surface area contributed by atoms with Crippen LogP contribution < -0.4 is 10.1 Å². The zero-order valence-corrected chi connectivity index (χ0v) is 16.0. The lowest BCUT2D eigenvalue weighted by Gasteiger charge is -2.17. The summed E-state index contributed by atoms with van der Waals surface area (Å²) in [5, 5.41) is 7.17. The Morgan fingerprint density at radius 1 is 1.14 bits per heavy atom. The summed E-state index contributed by atoms with van der Waals surface area (Å²) in [5.74, 6) is 0.114. The third-order valence-electron chi connectivity index (χ3n) is 4.26. The minimum atomic E-state index is -2.84. The molecule has 6 nitrogen and oxygen atoms in total. The van der Waals surface area contributed by atoms with Gasteiger partial charge < -0.3 is 15.0 Å². The highest BCUT2D eigenvalue weighted by molar-refractivity contribution is 5.73. The maximum atomic E-state index is 12.3.